The number of rotatable bonds is 12. The van der Waals surface area contributed by atoms with E-state index in [-0.39, 0.29) is 29.8 Å². The number of hydrogen-bond donors (Lipinski definition) is 4. The average Bonchev–Trinajstić information content (AvgIpc) is 4.05. The van der Waals surface area contributed by atoms with Gasteiger partial charge in [0, 0.05) is 31.6 Å². The molecule has 14 nitrogen and oxygen atoms in total. The molecule has 4 amide bonds. The number of carbonyl (C=O) groups is 4. The van der Waals surface area contributed by atoms with Gasteiger partial charge in [-0.15, -0.1) is 0 Å². The molecule has 0 bridgehead atoms. The van der Waals surface area contributed by atoms with Crippen molar-refractivity contribution in [2.45, 2.75) is 76.7 Å². The van der Waals surface area contributed by atoms with Crippen molar-refractivity contribution < 1.29 is 33.4 Å². The van der Waals surface area contributed by atoms with Gasteiger partial charge in [0.25, 0.3) is 0 Å². The number of carbonyl (C=O) groups excluding carboxylic acids is 4. The van der Waals surface area contributed by atoms with Crippen molar-refractivity contribution >= 4 is 24.0 Å². The van der Waals surface area contributed by atoms with E-state index in [1.54, 1.807) is 18.0 Å². The number of aromatic amines is 2. The number of H-pyrrole nitrogens is 2. The molecule has 4 N–H and O–H groups in total. The molecular formula is C41H51N7O7. The third-order valence-corrected chi connectivity index (χ3v) is 10.7. The highest BCUT2D eigenvalue weighted by Crippen LogP contribution is 2.36. The van der Waals surface area contributed by atoms with Crippen molar-refractivity contribution in [3.63, 3.8) is 0 Å². The van der Waals surface area contributed by atoms with Gasteiger partial charge in [-0.25, -0.2) is 14.6 Å². The van der Waals surface area contributed by atoms with Gasteiger partial charge in [-0.05, 0) is 72.9 Å². The monoisotopic (exact) mass is 753 g/mol. The molecule has 2 saturated heterocycles. The fourth-order valence-electron chi connectivity index (χ4n) is 7.54. The maximum atomic E-state index is 13.6. The van der Waals surface area contributed by atoms with Crippen molar-refractivity contribution in [2.75, 3.05) is 34.4 Å². The summed E-state index contributed by atoms with van der Waals surface area (Å²) in [6, 6.07) is 18.8. The summed E-state index contributed by atoms with van der Waals surface area (Å²) in [6.45, 7) is 6.74. The number of hydrogen-bond acceptors (Lipinski definition) is 8. The highest BCUT2D eigenvalue weighted by atomic mass is 16.5. The second-order valence-electron chi connectivity index (χ2n) is 14.5. The molecule has 0 radical (unpaired) electrons. The van der Waals surface area contributed by atoms with Gasteiger partial charge in [-0.2, -0.15) is 0 Å². The minimum atomic E-state index is -0.892. The molecule has 4 aromatic rings. The number of amides is 4. The number of likely N-dealkylation sites (tertiary alicyclic amines) is 2. The normalized spacial score (nSPS) is 18.5. The van der Waals surface area contributed by atoms with Gasteiger partial charge in [0.1, 0.15) is 17.9 Å². The van der Waals surface area contributed by atoms with Crippen LogP contribution in [-0.2, 0) is 23.8 Å². The third kappa shape index (κ3) is 8.54. The molecular weight excluding hydrogens is 702 g/mol. The van der Waals surface area contributed by atoms with Crippen LogP contribution in [0, 0.1) is 5.92 Å². The van der Waals surface area contributed by atoms with E-state index in [0.717, 1.165) is 65.0 Å². The summed E-state index contributed by atoms with van der Waals surface area (Å²) in [5.41, 5.74) is 6.90. The van der Waals surface area contributed by atoms with Crippen LogP contribution in [-0.4, -0.2) is 101 Å². The van der Waals surface area contributed by atoms with Crippen LogP contribution in [0.3, 0.4) is 0 Å². The van der Waals surface area contributed by atoms with Gasteiger partial charge in [-0.3, -0.25) is 9.59 Å². The minimum absolute atomic E-state index is 0.0871. The highest BCUT2D eigenvalue weighted by molar-refractivity contribution is 5.87. The molecule has 2 aliphatic heterocycles. The number of imidazole rings is 1. The smallest absolute Gasteiger partial charge is 0.407 e. The fraction of sp³-hybridized carbons (Fsp3) is 0.439. The summed E-state index contributed by atoms with van der Waals surface area (Å²) >= 11 is 0. The summed E-state index contributed by atoms with van der Waals surface area (Å²) in [7, 11) is 4.05. The van der Waals surface area contributed by atoms with Gasteiger partial charge in [0.15, 0.2) is 0 Å². The van der Waals surface area contributed by atoms with E-state index >= 15 is 0 Å². The molecule has 5 atom stereocenters. The fourth-order valence-corrected chi connectivity index (χ4v) is 7.54. The highest BCUT2D eigenvalue weighted by Gasteiger charge is 2.39. The zero-order valence-corrected chi connectivity index (χ0v) is 32.3. The van der Waals surface area contributed by atoms with Crippen molar-refractivity contribution in [3.05, 3.63) is 78.4 Å². The first-order valence-electron chi connectivity index (χ1n) is 18.8. The Balaban J connectivity index is 1.11. The lowest BCUT2D eigenvalue weighted by Gasteiger charge is -2.30. The van der Waals surface area contributed by atoms with E-state index in [1.807, 2.05) is 43.0 Å². The van der Waals surface area contributed by atoms with Gasteiger partial charge in [0.05, 0.1) is 44.3 Å². The molecule has 6 rings (SSSR count). The molecule has 2 aromatic heterocycles. The molecule has 292 valence electrons. The number of ether oxygens (including phenoxy) is 3. The Hall–Kier alpha value is -5.63. The number of nitrogens with zero attached hydrogens (tertiary/aromatic N) is 3. The molecule has 0 aliphatic carbocycles. The molecule has 14 heteroatoms. The maximum Gasteiger partial charge on any atom is 0.407 e. The summed E-state index contributed by atoms with van der Waals surface area (Å²) in [5, 5.41) is 5.33. The predicted octanol–water partition coefficient (Wildman–Crippen LogP) is 6.21. The van der Waals surface area contributed by atoms with E-state index in [4.69, 9.17) is 14.2 Å². The van der Waals surface area contributed by atoms with Gasteiger partial charge >= 0.3 is 12.2 Å². The number of methoxy groups -OCH3 is 3. The van der Waals surface area contributed by atoms with Crippen LogP contribution in [0.25, 0.3) is 33.6 Å². The van der Waals surface area contributed by atoms with E-state index < -0.39 is 30.4 Å². The van der Waals surface area contributed by atoms with E-state index in [2.05, 4.69) is 62.0 Å². The van der Waals surface area contributed by atoms with Crippen LogP contribution in [0.1, 0.15) is 70.1 Å². The zero-order valence-electron chi connectivity index (χ0n) is 32.3. The van der Waals surface area contributed by atoms with Crippen LogP contribution in [0.2, 0.25) is 0 Å². The number of benzene rings is 2. The zero-order chi connectivity index (χ0) is 39.2. The van der Waals surface area contributed by atoms with Crippen LogP contribution >= 0.6 is 0 Å². The van der Waals surface area contributed by atoms with Crippen LogP contribution in [0.5, 0.6) is 0 Å². The number of nitrogens with one attached hydrogen (secondary N) is 4. The summed E-state index contributed by atoms with van der Waals surface area (Å²) < 4.78 is 14.9. The molecule has 0 spiro atoms. The summed E-state index contributed by atoms with van der Waals surface area (Å²) in [5.74, 6) is 0.256. The average molecular weight is 754 g/mol. The Labute approximate surface area is 321 Å². The molecule has 2 aliphatic rings. The van der Waals surface area contributed by atoms with E-state index in [0.29, 0.717) is 18.9 Å². The second kappa shape index (κ2) is 17.2. The van der Waals surface area contributed by atoms with E-state index in [1.165, 1.54) is 21.3 Å². The van der Waals surface area contributed by atoms with Crippen LogP contribution < -0.4 is 10.6 Å². The van der Waals surface area contributed by atoms with Crippen molar-refractivity contribution in [2.24, 2.45) is 5.92 Å². The molecule has 0 saturated carbocycles. The predicted molar refractivity (Wildman–Crippen MR) is 207 cm³/mol. The lowest BCUT2D eigenvalue weighted by molar-refractivity contribution is -0.137. The topological polar surface area (TPSA) is 171 Å². The molecule has 4 heterocycles. The maximum absolute atomic E-state index is 13.6. The Morgan fingerprint density at radius 2 is 1.18 bits per heavy atom. The number of alkyl carbamates (subject to hydrolysis) is 2. The standard InChI is InChI=1S/C41H51N7O7/c1-24(2)35(45-40(51)54-5)38(49)47-21-7-9-33(47)31-20-19-30(43-31)28-15-11-26(12-16-28)27-13-17-29(18-14-27)32-23-42-37(44-32)34-10-8-22-48(34)39(50)36(25(3)53-4)46-41(52)55-6/h11-20,23-25,33-36,43H,7-10,21-22H2,1-6H3,(H,42,44)(H,45,51)(H,46,52)/t25-,33-,34+,35+,36+/m1/s1. The van der Waals surface area contributed by atoms with Gasteiger partial charge in [0.2, 0.25) is 11.8 Å². The van der Waals surface area contributed by atoms with Crippen molar-refractivity contribution in [3.8, 4) is 33.6 Å². The summed E-state index contributed by atoms with van der Waals surface area (Å²) in [6.07, 6.45) is 3.22. The number of aromatic nitrogens is 3. The second-order valence-corrected chi connectivity index (χ2v) is 14.5. The summed E-state index contributed by atoms with van der Waals surface area (Å²) in [4.78, 5) is 66.3. The molecule has 2 fully saturated rings. The lowest BCUT2D eigenvalue weighted by atomic mass is 10.0. The largest absolute Gasteiger partial charge is 0.453 e. The first-order chi connectivity index (χ1) is 26.5. The molecule has 2 aromatic carbocycles. The first-order valence-corrected chi connectivity index (χ1v) is 18.8. The molecule has 0 unspecified atom stereocenters. The van der Waals surface area contributed by atoms with Crippen LogP contribution in [0.4, 0.5) is 9.59 Å². The third-order valence-electron chi connectivity index (χ3n) is 10.7. The Bertz CT molecular complexity index is 1960. The van der Waals surface area contributed by atoms with E-state index in [9.17, 15) is 19.2 Å². The minimum Gasteiger partial charge on any atom is -0.453 e. The SMILES string of the molecule is COC(=O)N[C@H](C(=O)N1CCC[C@@H]1c1ccc(-c2ccc(-c3ccc(-c4cnc([C@@H]5CCCN5C(=O)[C@@H](NC(=O)OC)[C@@H](C)OC)[nH]4)cc3)cc2)[nH]1)C(C)C. The lowest BCUT2D eigenvalue weighted by Crippen LogP contribution is -2.54. The quantitative estimate of drug-likeness (QED) is 0.132. The Morgan fingerprint density at radius 1 is 0.673 bits per heavy atom. The Kier molecular flexibility index (Phi) is 12.2. The molecule has 55 heavy (non-hydrogen) atoms. The first kappa shape index (κ1) is 39.1. The van der Waals surface area contributed by atoms with Gasteiger partial charge in [-0.1, -0.05) is 62.4 Å². The Morgan fingerprint density at radius 3 is 1.75 bits per heavy atom. The van der Waals surface area contributed by atoms with Crippen LogP contribution in [0.15, 0.2) is 66.9 Å². The van der Waals surface area contributed by atoms with Crippen molar-refractivity contribution in [1.82, 2.24) is 35.4 Å². The van der Waals surface area contributed by atoms with Gasteiger partial charge < -0.3 is 44.6 Å². The van der Waals surface area contributed by atoms with Crippen molar-refractivity contribution in [1.29, 1.82) is 0 Å².